The Bertz CT molecular complexity index is 934. The van der Waals surface area contributed by atoms with Crippen LogP contribution in [0.2, 0.25) is 0 Å². The van der Waals surface area contributed by atoms with Crippen molar-refractivity contribution in [3.05, 3.63) is 66.4 Å². The number of amides is 1. The van der Waals surface area contributed by atoms with E-state index >= 15 is 0 Å². The summed E-state index contributed by atoms with van der Waals surface area (Å²) in [4.78, 5) is 25.7. The Labute approximate surface area is 169 Å². The van der Waals surface area contributed by atoms with Crippen molar-refractivity contribution < 1.29 is 9.21 Å². The zero-order valence-electron chi connectivity index (χ0n) is 16.3. The first-order chi connectivity index (χ1) is 14.2. The summed E-state index contributed by atoms with van der Waals surface area (Å²) in [5, 5.41) is 5.94. The number of hydrogen-bond donors (Lipinski definition) is 2. The van der Waals surface area contributed by atoms with E-state index in [1.54, 1.807) is 18.5 Å². The predicted molar refractivity (Wildman–Crippen MR) is 112 cm³/mol. The zero-order valence-corrected chi connectivity index (χ0v) is 16.3. The van der Waals surface area contributed by atoms with Crippen molar-refractivity contribution in [2.24, 2.45) is 0 Å². The Morgan fingerprint density at radius 2 is 1.90 bits per heavy atom. The van der Waals surface area contributed by atoms with Crippen molar-refractivity contribution in [1.29, 1.82) is 0 Å². The number of piperazine rings is 1. The van der Waals surface area contributed by atoms with Gasteiger partial charge in [-0.1, -0.05) is 0 Å². The summed E-state index contributed by atoms with van der Waals surface area (Å²) in [6, 6.07) is 13.2. The maximum absolute atomic E-state index is 12.6. The molecule has 0 atom stereocenters. The van der Waals surface area contributed by atoms with Gasteiger partial charge >= 0.3 is 0 Å². The highest BCUT2D eigenvalue weighted by molar-refractivity contribution is 6.03. The number of anilines is 3. The lowest BCUT2D eigenvalue weighted by Gasteiger charge is -2.34. The van der Waals surface area contributed by atoms with Gasteiger partial charge in [-0.05, 0) is 49.5 Å². The number of nitrogens with zero attached hydrogens (tertiary/aromatic N) is 4. The summed E-state index contributed by atoms with van der Waals surface area (Å²) < 4.78 is 5.27. The number of benzene rings is 1. The molecule has 0 spiro atoms. The van der Waals surface area contributed by atoms with Gasteiger partial charge in [-0.2, -0.15) is 0 Å². The normalized spacial score (nSPS) is 14.6. The Balaban J connectivity index is 1.35. The van der Waals surface area contributed by atoms with E-state index < -0.39 is 0 Å². The fourth-order valence-electron chi connectivity index (χ4n) is 3.17. The first-order valence-corrected chi connectivity index (χ1v) is 9.61. The summed E-state index contributed by atoms with van der Waals surface area (Å²) >= 11 is 0. The third kappa shape index (κ3) is 4.91. The maximum Gasteiger partial charge on any atom is 0.274 e. The highest BCUT2D eigenvalue weighted by Gasteiger charge is 2.14. The van der Waals surface area contributed by atoms with Crippen LogP contribution in [-0.4, -0.2) is 54.0 Å². The number of hydrogen-bond acceptors (Lipinski definition) is 7. The van der Waals surface area contributed by atoms with Crippen LogP contribution in [0.1, 0.15) is 16.2 Å². The number of nitrogens with one attached hydrogen (secondary N) is 2. The average molecular weight is 392 g/mol. The van der Waals surface area contributed by atoms with Crippen LogP contribution in [0, 0.1) is 0 Å². The molecule has 3 heterocycles. The van der Waals surface area contributed by atoms with E-state index in [1.807, 2.05) is 36.4 Å². The molecule has 2 aromatic heterocycles. The molecule has 1 aliphatic heterocycles. The molecule has 8 nitrogen and oxygen atoms in total. The van der Waals surface area contributed by atoms with E-state index in [0.29, 0.717) is 18.2 Å². The Kier molecular flexibility index (Phi) is 5.71. The van der Waals surface area contributed by atoms with E-state index in [-0.39, 0.29) is 5.91 Å². The molecule has 0 aliphatic carbocycles. The standard InChI is InChI=1S/C21H24N6O2/c1-26-10-12-27(13-11-26)17-6-4-16(5-7-17)24-20(28)19-8-9-22-21(25-19)23-15-18-3-2-14-29-18/h2-9,14H,10-13,15H2,1H3,(H,24,28)(H,22,23,25). The van der Waals surface area contributed by atoms with Crippen LogP contribution in [-0.2, 0) is 6.54 Å². The third-order valence-electron chi connectivity index (χ3n) is 4.88. The van der Waals surface area contributed by atoms with Crippen LogP contribution >= 0.6 is 0 Å². The van der Waals surface area contributed by atoms with Crippen LogP contribution < -0.4 is 15.5 Å². The van der Waals surface area contributed by atoms with Gasteiger partial charge in [0.25, 0.3) is 5.91 Å². The summed E-state index contributed by atoms with van der Waals surface area (Å²) in [6.07, 6.45) is 3.17. The van der Waals surface area contributed by atoms with Gasteiger partial charge in [0.2, 0.25) is 5.95 Å². The zero-order chi connectivity index (χ0) is 20.1. The van der Waals surface area contributed by atoms with E-state index in [1.165, 1.54) is 5.69 Å². The average Bonchev–Trinajstić information content (AvgIpc) is 3.27. The van der Waals surface area contributed by atoms with Gasteiger partial charge < -0.3 is 24.9 Å². The molecule has 1 aliphatic rings. The van der Waals surface area contributed by atoms with E-state index in [9.17, 15) is 4.79 Å². The molecule has 8 heteroatoms. The summed E-state index contributed by atoms with van der Waals surface area (Å²) in [6.45, 7) is 4.59. The molecule has 4 rings (SSSR count). The third-order valence-corrected chi connectivity index (χ3v) is 4.88. The second-order valence-electron chi connectivity index (χ2n) is 6.99. The van der Waals surface area contributed by atoms with Gasteiger partial charge in [-0.15, -0.1) is 0 Å². The van der Waals surface area contributed by atoms with Crippen molar-refractivity contribution in [2.45, 2.75) is 6.54 Å². The lowest BCUT2D eigenvalue weighted by molar-refractivity contribution is 0.102. The van der Waals surface area contributed by atoms with Gasteiger partial charge in [-0.3, -0.25) is 4.79 Å². The number of carbonyl (C=O) groups is 1. The molecule has 0 radical (unpaired) electrons. The number of likely N-dealkylation sites (N-methyl/N-ethyl adjacent to an activating group) is 1. The molecular weight excluding hydrogens is 368 g/mol. The summed E-state index contributed by atoms with van der Waals surface area (Å²) in [5.74, 6) is 0.865. The molecule has 1 amide bonds. The van der Waals surface area contributed by atoms with Crippen molar-refractivity contribution in [1.82, 2.24) is 14.9 Å². The van der Waals surface area contributed by atoms with E-state index in [0.717, 1.165) is 37.6 Å². The van der Waals surface area contributed by atoms with Crippen LogP contribution in [0.4, 0.5) is 17.3 Å². The molecular formula is C21H24N6O2. The molecule has 29 heavy (non-hydrogen) atoms. The van der Waals surface area contributed by atoms with Crippen molar-refractivity contribution >= 4 is 23.2 Å². The van der Waals surface area contributed by atoms with Gasteiger partial charge in [0.1, 0.15) is 11.5 Å². The minimum absolute atomic E-state index is 0.277. The minimum Gasteiger partial charge on any atom is -0.467 e. The quantitative estimate of drug-likeness (QED) is 0.667. The highest BCUT2D eigenvalue weighted by Crippen LogP contribution is 2.19. The van der Waals surface area contributed by atoms with Crippen molar-refractivity contribution in [2.75, 3.05) is 48.8 Å². The molecule has 0 bridgehead atoms. The molecule has 2 N–H and O–H groups in total. The predicted octanol–water partition coefficient (Wildman–Crippen LogP) is 2.69. The Hall–Kier alpha value is -3.39. The molecule has 3 aromatic rings. The minimum atomic E-state index is -0.277. The van der Waals surface area contributed by atoms with E-state index in [2.05, 4.69) is 37.4 Å². The van der Waals surface area contributed by atoms with Crippen molar-refractivity contribution in [3.63, 3.8) is 0 Å². The second-order valence-corrected chi connectivity index (χ2v) is 6.99. The number of furan rings is 1. The highest BCUT2D eigenvalue weighted by atomic mass is 16.3. The lowest BCUT2D eigenvalue weighted by Crippen LogP contribution is -2.44. The summed E-state index contributed by atoms with van der Waals surface area (Å²) in [7, 11) is 2.14. The van der Waals surface area contributed by atoms with Crippen molar-refractivity contribution in [3.8, 4) is 0 Å². The fourth-order valence-corrected chi connectivity index (χ4v) is 3.17. The molecule has 0 saturated carbocycles. The van der Waals surface area contributed by atoms with Crippen LogP contribution in [0.25, 0.3) is 0 Å². The number of aromatic nitrogens is 2. The summed E-state index contributed by atoms with van der Waals surface area (Å²) in [5.41, 5.74) is 2.20. The van der Waals surface area contributed by atoms with Crippen LogP contribution in [0.3, 0.4) is 0 Å². The lowest BCUT2D eigenvalue weighted by atomic mass is 10.2. The first-order valence-electron chi connectivity index (χ1n) is 9.61. The number of rotatable bonds is 6. The topological polar surface area (TPSA) is 86.5 Å². The van der Waals surface area contributed by atoms with Gasteiger partial charge in [0, 0.05) is 43.8 Å². The monoisotopic (exact) mass is 392 g/mol. The van der Waals surface area contributed by atoms with Gasteiger partial charge in [0.15, 0.2) is 0 Å². The molecule has 150 valence electrons. The molecule has 0 unspecified atom stereocenters. The largest absolute Gasteiger partial charge is 0.467 e. The SMILES string of the molecule is CN1CCN(c2ccc(NC(=O)c3ccnc(NCc4ccco4)n3)cc2)CC1. The molecule has 1 fully saturated rings. The smallest absolute Gasteiger partial charge is 0.274 e. The fraction of sp³-hybridized carbons (Fsp3) is 0.286. The van der Waals surface area contributed by atoms with E-state index in [4.69, 9.17) is 4.42 Å². The van der Waals surface area contributed by atoms with Gasteiger partial charge in [0.05, 0.1) is 12.8 Å². The van der Waals surface area contributed by atoms with Crippen LogP contribution in [0.15, 0.2) is 59.3 Å². The second kappa shape index (κ2) is 8.74. The van der Waals surface area contributed by atoms with Crippen LogP contribution in [0.5, 0.6) is 0 Å². The Morgan fingerprint density at radius 1 is 1.10 bits per heavy atom. The first kappa shape index (κ1) is 18.9. The number of carbonyl (C=O) groups excluding carboxylic acids is 1. The van der Waals surface area contributed by atoms with Gasteiger partial charge in [-0.25, -0.2) is 9.97 Å². The molecule has 1 saturated heterocycles. The maximum atomic E-state index is 12.6. The molecule has 1 aromatic carbocycles. The Morgan fingerprint density at radius 3 is 2.62 bits per heavy atom.